The molecule has 5 rings (SSSR count). The third-order valence-corrected chi connectivity index (χ3v) is 6.40. The Morgan fingerprint density at radius 2 is 1.97 bits per heavy atom. The second-order valence-corrected chi connectivity index (χ2v) is 8.78. The molecule has 34 heavy (non-hydrogen) atoms. The zero-order chi connectivity index (χ0) is 23.7. The summed E-state index contributed by atoms with van der Waals surface area (Å²) in [6.07, 6.45) is 1.83. The van der Waals surface area contributed by atoms with Gasteiger partial charge in [0.25, 0.3) is 5.56 Å². The molecule has 174 valence electrons. The molecule has 1 amide bonds. The van der Waals surface area contributed by atoms with Crippen LogP contribution in [-0.2, 0) is 17.8 Å². The van der Waals surface area contributed by atoms with Gasteiger partial charge in [-0.1, -0.05) is 41.6 Å². The van der Waals surface area contributed by atoms with Crippen molar-refractivity contribution in [1.82, 2.24) is 29.9 Å². The van der Waals surface area contributed by atoms with Crippen LogP contribution < -0.4 is 5.56 Å². The number of carbonyl (C=O) groups is 1. The minimum atomic E-state index is -0.328. The number of aromatic amines is 1. The molecule has 1 fully saturated rings. The fourth-order valence-corrected chi connectivity index (χ4v) is 4.45. The van der Waals surface area contributed by atoms with E-state index in [9.17, 15) is 14.0 Å². The lowest BCUT2D eigenvalue weighted by molar-refractivity contribution is -0.131. The molecule has 4 aromatic rings. The van der Waals surface area contributed by atoms with E-state index in [1.807, 2.05) is 31.2 Å². The summed E-state index contributed by atoms with van der Waals surface area (Å²) in [5, 5.41) is 8.21. The van der Waals surface area contributed by atoms with Crippen molar-refractivity contribution >= 4 is 17.1 Å². The lowest BCUT2D eigenvalue weighted by Gasteiger charge is -2.32. The molecule has 0 bridgehead atoms. The number of benzene rings is 2. The van der Waals surface area contributed by atoms with Gasteiger partial charge in [-0.05, 0) is 48.6 Å². The molecular weight excluding hydrogens is 435 g/mol. The SMILES string of the molecule is Cc1ccccc1Cn1nnc2c(=O)[nH]c([C@H]3CCCN(C(=O)Cc4ccc(F)cc4)C3)nc21. The molecule has 2 aromatic carbocycles. The van der Waals surface area contributed by atoms with Crippen molar-refractivity contribution in [1.29, 1.82) is 0 Å². The zero-order valence-electron chi connectivity index (χ0n) is 18.9. The van der Waals surface area contributed by atoms with Crippen molar-refractivity contribution < 1.29 is 9.18 Å². The highest BCUT2D eigenvalue weighted by Crippen LogP contribution is 2.25. The molecule has 1 N–H and O–H groups in total. The number of halogens is 1. The first kappa shape index (κ1) is 21.9. The van der Waals surface area contributed by atoms with Gasteiger partial charge in [-0.15, -0.1) is 5.10 Å². The molecular formula is C25H25FN6O2. The average Bonchev–Trinajstić information content (AvgIpc) is 3.25. The van der Waals surface area contributed by atoms with Gasteiger partial charge in [0.1, 0.15) is 11.6 Å². The monoisotopic (exact) mass is 460 g/mol. The fourth-order valence-electron chi connectivity index (χ4n) is 4.45. The summed E-state index contributed by atoms with van der Waals surface area (Å²) in [5.41, 5.74) is 3.29. The maximum atomic E-state index is 13.2. The molecule has 8 nitrogen and oxygen atoms in total. The summed E-state index contributed by atoms with van der Waals surface area (Å²) in [6.45, 7) is 3.61. The predicted octanol–water partition coefficient (Wildman–Crippen LogP) is 2.96. The van der Waals surface area contributed by atoms with Crippen molar-refractivity contribution in [2.24, 2.45) is 0 Å². The third kappa shape index (κ3) is 4.46. The van der Waals surface area contributed by atoms with Crippen LogP contribution in [0.3, 0.4) is 0 Å². The molecule has 9 heteroatoms. The Hall–Kier alpha value is -3.88. The van der Waals surface area contributed by atoms with Crippen molar-refractivity contribution in [3.8, 4) is 0 Å². The van der Waals surface area contributed by atoms with E-state index < -0.39 is 0 Å². The zero-order valence-corrected chi connectivity index (χ0v) is 18.9. The highest BCUT2D eigenvalue weighted by molar-refractivity contribution is 5.79. The molecule has 1 saturated heterocycles. The highest BCUT2D eigenvalue weighted by Gasteiger charge is 2.27. The predicted molar refractivity (Wildman–Crippen MR) is 125 cm³/mol. The van der Waals surface area contributed by atoms with Gasteiger partial charge in [0.2, 0.25) is 5.91 Å². The number of nitrogens with zero attached hydrogens (tertiary/aromatic N) is 5. The van der Waals surface area contributed by atoms with Crippen molar-refractivity contribution in [2.75, 3.05) is 13.1 Å². The topological polar surface area (TPSA) is 96.8 Å². The summed E-state index contributed by atoms with van der Waals surface area (Å²) in [4.78, 5) is 35.0. The first-order valence-electron chi connectivity index (χ1n) is 11.4. The quantitative estimate of drug-likeness (QED) is 0.494. The molecule has 1 atom stereocenters. The number of hydrogen-bond acceptors (Lipinski definition) is 5. The summed E-state index contributed by atoms with van der Waals surface area (Å²) in [5.74, 6) is 0.108. The number of hydrogen-bond donors (Lipinski definition) is 1. The maximum Gasteiger partial charge on any atom is 0.281 e. The van der Waals surface area contributed by atoms with Crippen LogP contribution >= 0.6 is 0 Å². The van der Waals surface area contributed by atoms with Crippen molar-refractivity contribution in [3.63, 3.8) is 0 Å². The largest absolute Gasteiger partial charge is 0.342 e. The molecule has 0 aliphatic carbocycles. The smallest absolute Gasteiger partial charge is 0.281 e. The average molecular weight is 461 g/mol. The van der Waals surface area contributed by atoms with Gasteiger partial charge in [-0.3, -0.25) is 9.59 Å². The van der Waals surface area contributed by atoms with Gasteiger partial charge in [0, 0.05) is 19.0 Å². The normalized spacial score (nSPS) is 16.2. The van der Waals surface area contributed by atoms with E-state index in [-0.39, 0.29) is 35.1 Å². The Bertz CT molecular complexity index is 1390. The van der Waals surface area contributed by atoms with Crippen molar-refractivity contribution in [2.45, 2.75) is 38.6 Å². The maximum absolute atomic E-state index is 13.2. The van der Waals surface area contributed by atoms with E-state index in [1.54, 1.807) is 21.7 Å². The van der Waals surface area contributed by atoms with Gasteiger partial charge in [-0.2, -0.15) is 0 Å². The molecule has 1 aliphatic heterocycles. The van der Waals surface area contributed by atoms with E-state index in [0.29, 0.717) is 31.1 Å². The highest BCUT2D eigenvalue weighted by atomic mass is 19.1. The second-order valence-electron chi connectivity index (χ2n) is 8.78. The van der Waals surface area contributed by atoms with Gasteiger partial charge < -0.3 is 9.88 Å². The standard InChI is InChI=1S/C25H25FN6O2/c1-16-5-2-3-6-18(16)15-32-24-22(29-30-32)25(34)28-23(27-24)19-7-4-12-31(14-19)21(33)13-17-8-10-20(26)11-9-17/h2-3,5-6,8-11,19H,4,7,12-15H2,1H3,(H,27,28,34)/t19-/m0/s1. The number of nitrogens with one attached hydrogen (secondary N) is 1. The minimum Gasteiger partial charge on any atom is -0.342 e. The Balaban J connectivity index is 1.37. The number of aryl methyl sites for hydroxylation is 1. The van der Waals surface area contributed by atoms with Crippen LogP contribution in [0.5, 0.6) is 0 Å². The summed E-state index contributed by atoms with van der Waals surface area (Å²) < 4.78 is 14.8. The van der Waals surface area contributed by atoms with Crippen LogP contribution in [0, 0.1) is 12.7 Å². The molecule has 0 unspecified atom stereocenters. The second kappa shape index (κ2) is 9.17. The van der Waals surface area contributed by atoms with E-state index in [1.165, 1.54) is 12.1 Å². The number of piperidine rings is 1. The van der Waals surface area contributed by atoms with Crippen LogP contribution in [0.1, 0.15) is 41.3 Å². The van der Waals surface area contributed by atoms with Gasteiger partial charge in [-0.25, -0.2) is 14.1 Å². The molecule has 0 spiro atoms. The Morgan fingerprint density at radius 3 is 2.76 bits per heavy atom. The first-order valence-corrected chi connectivity index (χ1v) is 11.4. The van der Waals surface area contributed by atoms with Crippen LogP contribution in [-0.4, -0.2) is 48.9 Å². The fraction of sp³-hybridized carbons (Fsp3) is 0.320. The summed E-state index contributed by atoms with van der Waals surface area (Å²) in [7, 11) is 0. The van der Waals surface area contributed by atoms with E-state index >= 15 is 0 Å². The molecule has 0 saturated carbocycles. The van der Waals surface area contributed by atoms with Crippen LogP contribution in [0.2, 0.25) is 0 Å². The van der Waals surface area contributed by atoms with Crippen LogP contribution in [0.25, 0.3) is 11.2 Å². The summed E-state index contributed by atoms with van der Waals surface area (Å²) >= 11 is 0. The third-order valence-electron chi connectivity index (χ3n) is 6.40. The molecule has 0 radical (unpaired) electrons. The number of H-pyrrole nitrogens is 1. The number of aromatic nitrogens is 5. The summed E-state index contributed by atoms with van der Waals surface area (Å²) in [6, 6.07) is 14.0. The van der Waals surface area contributed by atoms with E-state index in [4.69, 9.17) is 4.98 Å². The van der Waals surface area contributed by atoms with E-state index in [2.05, 4.69) is 15.3 Å². The lowest BCUT2D eigenvalue weighted by atomic mass is 9.96. The minimum absolute atomic E-state index is 0.0222. The van der Waals surface area contributed by atoms with Gasteiger partial charge >= 0.3 is 0 Å². The van der Waals surface area contributed by atoms with E-state index in [0.717, 1.165) is 29.5 Å². The molecule has 2 aromatic heterocycles. The Morgan fingerprint density at radius 1 is 1.18 bits per heavy atom. The van der Waals surface area contributed by atoms with Gasteiger partial charge in [0.05, 0.1) is 13.0 Å². The number of rotatable bonds is 5. The van der Waals surface area contributed by atoms with Gasteiger partial charge in [0.15, 0.2) is 11.2 Å². The first-order chi connectivity index (χ1) is 16.5. The number of carbonyl (C=O) groups excluding carboxylic acids is 1. The molecule has 3 heterocycles. The Kier molecular flexibility index (Phi) is 5.91. The number of fused-ring (bicyclic) bond motifs is 1. The molecule has 1 aliphatic rings. The number of amides is 1. The van der Waals surface area contributed by atoms with Crippen molar-refractivity contribution in [3.05, 3.63) is 87.2 Å². The Labute approximate surface area is 195 Å². The van der Waals surface area contributed by atoms with Crippen LogP contribution in [0.15, 0.2) is 53.3 Å². The van der Waals surface area contributed by atoms with Crippen LogP contribution in [0.4, 0.5) is 4.39 Å². The lowest BCUT2D eigenvalue weighted by Crippen LogP contribution is -2.40. The number of likely N-dealkylation sites (tertiary alicyclic amines) is 1.